The molecule has 1 aliphatic rings. The maximum atomic E-state index is 7.42. The van der Waals surface area contributed by atoms with E-state index in [9.17, 15) is 0 Å². The Hall–Kier alpha value is -1.58. The lowest BCUT2D eigenvalue weighted by Crippen LogP contribution is -2.32. The Balaban J connectivity index is 2.11. The number of pyridine rings is 1. The third-order valence-electron chi connectivity index (χ3n) is 3.47. The molecule has 92 valence electrons. The summed E-state index contributed by atoms with van der Waals surface area (Å²) in [5.41, 5.74) is 7.15. The lowest BCUT2D eigenvalue weighted by atomic mass is 9.85. The van der Waals surface area contributed by atoms with Gasteiger partial charge in [-0.25, -0.2) is 0 Å². The minimum atomic E-state index is 0.0338. The molecule has 1 aromatic heterocycles. The number of nitrogens with one attached hydrogen (secondary N) is 1. The van der Waals surface area contributed by atoms with Crippen LogP contribution in [0.15, 0.2) is 18.3 Å². The highest BCUT2D eigenvalue weighted by atomic mass is 15.1. The number of anilines is 1. The number of nitrogen functional groups attached to an aromatic ring is 1. The van der Waals surface area contributed by atoms with E-state index >= 15 is 0 Å². The zero-order valence-electron chi connectivity index (χ0n) is 10.3. The van der Waals surface area contributed by atoms with Gasteiger partial charge in [-0.3, -0.25) is 10.4 Å². The lowest BCUT2D eigenvalue weighted by Gasteiger charge is -2.33. The largest absolute Gasteiger partial charge is 0.382 e. The van der Waals surface area contributed by atoms with Crippen LogP contribution >= 0.6 is 0 Å². The molecule has 1 fully saturated rings. The lowest BCUT2D eigenvalue weighted by molar-refractivity contribution is 0.318. The molecule has 0 radical (unpaired) electrons. The molecule has 1 heterocycles. The summed E-state index contributed by atoms with van der Waals surface area (Å²) in [6.07, 6.45) is 5.80. The molecular weight excluding hydrogens is 212 g/mol. The van der Waals surface area contributed by atoms with E-state index in [4.69, 9.17) is 11.1 Å². The number of nitrogens with zero attached hydrogens (tertiary/aromatic N) is 2. The van der Waals surface area contributed by atoms with Gasteiger partial charge in [0.05, 0.1) is 0 Å². The minimum Gasteiger partial charge on any atom is -0.382 e. The van der Waals surface area contributed by atoms with Crippen molar-refractivity contribution < 1.29 is 0 Å². The Labute approximate surface area is 102 Å². The monoisotopic (exact) mass is 232 g/mol. The molecule has 17 heavy (non-hydrogen) atoms. The second kappa shape index (κ2) is 5.17. The second-order valence-electron chi connectivity index (χ2n) is 4.65. The smallest absolute Gasteiger partial charge is 0.141 e. The van der Waals surface area contributed by atoms with Gasteiger partial charge in [0.25, 0.3) is 0 Å². The fourth-order valence-electron chi connectivity index (χ4n) is 2.17. The zero-order chi connectivity index (χ0) is 12.3. The highest BCUT2D eigenvalue weighted by Gasteiger charge is 2.20. The molecule has 1 saturated carbocycles. The predicted octanol–water partition coefficient (Wildman–Crippen LogP) is 1.99. The number of rotatable bonds is 5. The SMILES string of the molecule is CCN(CC1CCC1)c1ccnc(C(=N)N)c1. The first-order valence-electron chi connectivity index (χ1n) is 6.26. The summed E-state index contributed by atoms with van der Waals surface area (Å²) < 4.78 is 0. The van der Waals surface area contributed by atoms with Crippen LogP contribution in [0.5, 0.6) is 0 Å². The fourth-order valence-corrected chi connectivity index (χ4v) is 2.17. The molecule has 1 aromatic rings. The fraction of sp³-hybridized carbons (Fsp3) is 0.538. The molecule has 4 heteroatoms. The van der Waals surface area contributed by atoms with E-state index in [1.807, 2.05) is 12.1 Å². The molecule has 0 saturated heterocycles. The van der Waals surface area contributed by atoms with Gasteiger partial charge in [-0.05, 0) is 37.8 Å². The van der Waals surface area contributed by atoms with Crippen LogP contribution in [0.4, 0.5) is 5.69 Å². The molecule has 0 aromatic carbocycles. The van der Waals surface area contributed by atoms with Gasteiger partial charge in [-0.2, -0.15) is 0 Å². The third-order valence-corrected chi connectivity index (χ3v) is 3.47. The maximum absolute atomic E-state index is 7.42. The first-order chi connectivity index (χ1) is 8.20. The molecule has 1 aliphatic carbocycles. The molecular formula is C13H20N4. The van der Waals surface area contributed by atoms with Crippen molar-refractivity contribution >= 4 is 11.5 Å². The van der Waals surface area contributed by atoms with Crippen molar-refractivity contribution in [3.63, 3.8) is 0 Å². The number of aromatic nitrogens is 1. The number of hydrogen-bond acceptors (Lipinski definition) is 3. The van der Waals surface area contributed by atoms with E-state index < -0.39 is 0 Å². The first kappa shape index (κ1) is 11.9. The quantitative estimate of drug-likeness (QED) is 0.602. The maximum Gasteiger partial charge on any atom is 0.141 e. The van der Waals surface area contributed by atoms with Gasteiger partial charge in [0.1, 0.15) is 11.5 Å². The zero-order valence-corrected chi connectivity index (χ0v) is 10.3. The average Bonchev–Trinajstić information content (AvgIpc) is 2.28. The van der Waals surface area contributed by atoms with Crippen molar-refractivity contribution in [2.75, 3.05) is 18.0 Å². The second-order valence-corrected chi connectivity index (χ2v) is 4.65. The number of amidine groups is 1. The van der Waals surface area contributed by atoms with E-state index in [0.29, 0.717) is 5.69 Å². The summed E-state index contributed by atoms with van der Waals surface area (Å²) in [7, 11) is 0. The van der Waals surface area contributed by atoms with Crippen molar-refractivity contribution in [2.45, 2.75) is 26.2 Å². The summed E-state index contributed by atoms with van der Waals surface area (Å²) in [6, 6.07) is 3.90. The molecule has 0 atom stereocenters. The minimum absolute atomic E-state index is 0.0338. The van der Waals surface area contributed by atoms with Crippen LogP contribution in [0, 0.1) is 11.3 Å². The third kappa shape index (κ3) is 2.75. The summed E-state index contributed by atoms with van der Waals surface area (Å²) >= 11 is 0. The topological polar surface area (TPSA) is 66.0 Å². The van der Waals surface area contributed by atoms with E-state index in [1.165, 1.54) is 19.3 Å². The Kier molecular flexibility index (Phi) is 3.61. The highest BCUT2D eigenvalue weighted by molar-refractivity contribution is 5.93. The van der Waals surface area contributed by atoms with Crippen LogP contribution in [0.2, 0.25) is 0 Å². The van der Waals surface area contributed by atoms with Crippen molar-refractivity contribution in [2.24, 2.45) is 11.7 Å². The summed E-state index contributed by atoms with van der Waals surface area (Å²) in [6.45, 7) is 4.25. The molecule has 0 aliphatic heterocycles. The van der Waals surface area contributed by atoms with Gasteiger partial charge in [0.2, 0.25) is 0 Å². The van der Waals surface area contributed by atoms with Gasteiger partial charge in [-0.15, -0.1) is 0 Å². The van der Waals surface area contributed by atoms with Gasteiger partial charge in [-0.1, -0.05) is 6.42 Å². The Bertz CT molecular complexity index is 398. The molecule has 0 amide bonds. The van der Waals surface area contributed by atoms with Crippen LogP contribution < -0.4 is 10.6 Å². The normalized spacial score (nSPS) is 15.4. The Morgan fingerprint density at radius 2 is 2.35 bits per heavy atom. The number of hydrogen-bond donors (Lipinski definition) is 2. The standard InChI is InChI=1S/C13H20N4/c1-2-17(9-10-4-3-5-10)11-6-7-16-12(8-11)13(14)15/h6-8,10H,2-5,9H2,1H3,(H3,14,15). The summed E-state index contributed by atoms with van der Waals surface area (Å²) in [5.74, 6) is 0.871. The van der Waals surface area contributed by atoms with E-state index in [0.717, 1.165) is 24.7 Å². The highest BCUT2D eigenvalue weighted by Crippen LogP contribution is 2.28. The number of nitrogens with two attached hydrogens (primary N) is 1. The van der Waals surface area contributed by atoms with Crippen molar-refractivity contribution in [3.8, 4) is 0 Å². The van der Waals surface area contributed by atoms with Crippen LogP contribution in [0.25, 0.3) is 0 Å². The average molecular weight is 232 g/mol. The van der Waals surface area contributed by atoms with Gasteiger partial charge in [0.15, 0.2) is 0 Å². The van der Waals surface area contributed by atoms with E-state index in [2.05, 4.69) is 16.8 Å². The van der Waals surface area contributed by atoms with Crippen LogP contribution in [0.3, 0.4) is 0 Å². The van der Waals surface area contributed by atoms with Gasteiger partial charge >= 0.3 is 0 Å². The Morgan fingerprint density at radius 3 is 2.88 bits per heavy atom. The first-order valence-corrected chi connectivity index (χ1v) is 6.26. The predicted molar refractivity (Wildman–Crippen MR) is 70.5 cm³/mol. The van der Waals surface area contributed by atoms with E-state index in [1.54, 1.807) is 6.20 Å². The Morgan fingerprint density at radius 1 is 1.59 bits per heavy atom. The van der Waals surface area contributed by atoms with Gasteiger partial charge in [0, 0.05) is 25.0 Å². The molecule has 0 spiro atoms. The molecule has 2 rings (SSSR count). The van der Waals surface area contributed by atoms with Gasteiger partial charge < -0.3 is 10.6 Å². The van der Waals surface area contributed by atoms with Crippen molar-refractivity contribution in [3.05, 3.63) is 24.0 Å². The molecule has 3 N–H and O–H groups in total. The van der Waals surface area contributed by atoms with Crippen LogP contribution in [0.1, 0.15) is 31.9 Å². The van der Waals surface area contributed by atoms with Crippen molar-refractivity contribution in [1.29, 1.82) is 5.41 Å². The van der Waals surface area contributed by atoms with Crippen LogP contribution in [-0.2, 0) is 0 Å². The molecule has 0 bridgehead atoms. The molecule has 4 nitrogen and oxygen atoms in total. The molecule has 0 unspecified atom stereocenters. The summed E-state index contributed by atoms with van der Waals surface area (Å²) in [4.78, 5) is 6.44. The van der Waals surface area contributed by atoms with Crippen molar-refractivity contribution in [1.82, 2.24) is 4.98 Å². The van der Waals surface area contributed by atoms with Crippen LogP contribution in [-0.4, -0.2) is 23.9 Å². The van der Waals surface area contributed by atoms with E-state index in [-0.39, 0.29) is 5.84 Å². The summed E-state index contributed by atoms with van der Waals surface area (Å²) in [5, 5.41) is 7.42.